The average molecular weight is 479 g/mol. The minimum Gasteiger partial charge on any atom is -0.360 e. The predicted octanol–water partition coefficient (Wildman–Crippen LogP) is 2.81. The molecule has 3 fully saturated rings. The zero-order valence-electron chi connectivity index (χ0n) is 18.9. The van der Waals surface area contributed by atoms with Gasteiger partial charge in [-0.2, -0.15) is 18.2 Å². The largest absolute Gasteiger partial charge is 0.416 e. The van der Waals surface area contributed by atoms with Crippen molar-refractivity contribution in [3.05, 3.63) is 30.1 Å². The van der Waals surface area contributed by atoms with E-state index >= 15 is 0 Å². The SMILES string of the molecule is O=C(CNc1ncnc2ccc(C(F)(F)F)cc12)NC1CN([C@H]2CC[C@H](N3CCCO3)CC2)C1. The van der Waals surface area contributed by atoms with Gasteiger partial charge in [0.15, 0.2) is 0 Å². The van der Waals surface area contributed by atoms with Crippen molar-refractivity contribution in [1.82, 2.24) is 25.2 Å². The van der Waals surface area contributed by atoms with Crippen LogP contribution >= 0.6 is 0 Å². The van der Waals surface area contributed by atoms with Crippen LogP contribution in [0.15, 0.2) is 24.5 Å². The number of anilines is 1. The van der Waals surface area contributed by atoms with E-state index in [4.69, 9.17) is 4.84 Å². The van der Waals surface area contributed by atoms with Crippen LogP contribution in [0.2, 0.25) is 0 Å². The molecule has 2 saturated heterocycles. The quantitative estimate of drug-likeness (QED) is 0.661. The van der Waals surface area contributed by atoms with Gasteiger partial charge in [-0.15, -0.1) is 0 Å². The molecule has 0 atom stereocenters. The summed E-state index contributed by atoms with van der Waals surface area (Å²) in [5.74, 6) is -0.00138. The third-order valence-electron chi connectivity index (χ3n) is 7.02. The summed E-state index contributed by atoms with van der Waals surface area (Å²) in [7, 11) is 0. The summed E-state index contributed by atoms with van der Waals surface area (Å²) in [5.41, 5.74) is -0.398. The molecular weight excluding hydrogens is 449 g/mol. The van der Waals surface area contributed by atoms with Gasteiger partial charge in [0.2, 0.25) is 5.91 Å². The van der Waals surface area contributed by atoms with E-state index in [1.807, 2.05) is 0 Å². The van der Waals surface area contributed by atoms with Crippen molar-refractivity contribution in [2.24, 2.45) is 0 Å². The maximum absolute atomic E-state index is 13.1. The number of aromatic nitrogens is 2. The molecule has 1 amide bonds. The highest BCUT2D eigenvalue weighted by Gasteiger charge is 2.37. The Bertz CT molecular complexity index is 1020. The lowest BCUT2D eigenvalue weighted by Crippen LogP contribution is -2.63. The van der Waals surface area contributed by atoms with Gasteiger partial charge in [0.05, 0.1) is 30.3 Å². The molecule has 3 heterocycles. The van der Waals surface area contributed by atoms with Gasteiger partial charge in [-0.3, -0.25) is 14.5 Å². The number of carbonyl (C=O) groups is 1. The van der Waals surface area contributed by atoms with Crippen molar-refractivity contribution >= 4 is 22.6 Å². The van der Waals surface area contributed by atoms with Gasteiger partial charge in [0.1, 0.15) is 12.1 Å². The topological polar surface area (TPSA) is 82.6 Å². The molecule has 2 aromatic rings. The van der Waals surface area contributed by atoms with Crippen molar-refractivity contribution in [3.8, 4) is 0 Å². The molecule has 2 aliphatic heterocycles. The van der Waals surface area contributed by atoms with Crippen molar-refractivity contribution < 1.29 is 22.8 Å². The second-order valence-corrected chi connectivity index (χ2v) is 9.31. The predicted molar refractivity (Wildman–Crippen MR) is 120 cm³/mol. The molecule has 1 aliphatic carbocycles. The molecule has 8 nitrogen and oxygen atoms in total. The number of rotatable bonds is 6. The first-order valence-electron chi connectivity index (χ1n) is 11.9. The van der Waals surface area contributed by atoms with Crippen molar-refractivity contribution in [1.29, 1.82) is 0 Å². The molecule has 3 aliphatic rings. The zero-order chi connectivity index (χ0) is 23.7. The third-order valence-corrected chi connectivity index (χ3v) is 7.02. The maximum Gasteiger partial charge on any atom is 0.416 e. The van der Waals surface area contributed by atoms with Crippen LogP contribution in [0.5, 0.6) is 0 Å². The molecule has 1 aromatic carbocycles. The second kappa shape index (κ2) is 9.63. The van der Waals surface area contributed by atoms with Crippen LogP contribution in [0.1, 0.15) is 37.7 Å². The Morgan fingerprint density at radius 1 is 1.12 bits per heavy atom. The molecule has 0 unspecified atom stereocenters. The summed E-state index contributed by atoms with van der Waals surface area (Å²) in [6, 6.07) is 4.48. The van der Waals surface area contributed by atoms with Crippen LogP contribution in [-0.2, 0) is 15.8 Å². The fourth-order valence-electron chi connectivity index (χ4n) is 5.18. The molecule has 34 heavy (non-hydrogen) atoms. The summed E-state index contributed by atoms with van der Waals surface area (Å²) in [6.45, 7) is 3.46. The normalized spacial score (nSPS) is 24.8. The lowest BCUT2D eigenvalue weighted by atomic mass is 9.88. The minimum atomic E-state index is -4.46. The summed E-state index contributed by atoms with van der Waals surface area (Å²) in [6.07, 6.45) is 2.50. The highest BCUT2D eigenvalue weighted by molar-refractivity contribution is 5.91. The number of likely N-dealkylation sites (tertiary alicyclic amines) is 1. The van der Waals surface area contributed by atoms with Crippen LogP contribution in [0.4, 0.5) is 19.0 Å². The van der Waals surface area contributed by atoms with E-state index in [1.165, 1.54) is 12.4 Å². The Labute approximate surface area is 195 Å². The number of alkyl halides is 3. The number of hydrogen-bond acceptors (Lipinski definition) is 7. The van der Waals surface area contributed by atoms with Gasteiger partial charge in [-0.1, -0.05) is 0 Å². The highest BCUT2D eigenvalue weighted by atomic mass is 19.4. The van der Waals surface area contributed by atoms with Crippen LogP contribution < -0.4 is 10.6 Å². The molecule has 1 saturated carbocycles. The summed E-state index contributed by atoms with van der Waals surface area (Å²) < 4.78 is 39.2. The molecule has 0 spiro atoms. The van der Waals surface area contributed by atoms with E-state index in [1.54, 1.807) is 0 Å². The van der Waals surface area contributed by atoms with Crippen molar-refractivity contribution in [2.75, 3.05) is 38.1 Å². The summed E-state index contributed by atoms with van der Waals surface area (Å²) >= 11 is 0. The number of amides is 1. The van der Waals surface area contributed by atoms with Gasteiger partial charge in [-0.05, 0) is 50.3 Å². The van der Waals surface area contributed by atoms with E-state index < -0.39 is 11.7 Å². The lowest BCUT2D eigenvalue weighted by Gasteiger charge is -2.47. The number of benzene rings is 1. The monoisotopic (exact) mass is 478 g/mol. The Kier molecular flexibility index (Phi) is 6.59. The molecule has 184 valence electrons. The van der Waals surface area contributed by atoms with Gasteiger partial charge in [0.25, 0.3) is 0 Å². The number of hydroxylamine groups is 2. The Balaban J connectivity index is 1.08. The maximum atomic E-state index is 13.1. The first-order valence-corrected chi connectivity index (χ1v) is 11.9. The van der Waals surface area contributed by atoms with Crippen LogP contribution in [0.3, 0.4) is 0 Å². The van der Waals surface area contributed by atoms with E-state index in [0.29, 0.717) is 17.6 Å². The molecule has 11 heteroatoms. The smallest absolute Gasteiger partial charge is 0.360 e. The highest BCUT2D eigenvalue weighted by Crippen LogP contribution is 2.33. The summed E-state index contributed by atoms with van der Waals surface area (Å²) in [5, 5.41) is 8.25. The average Bonchev–Trinajstić information content (AvgIpc) is 3.34. The fourth-order valence-corrected chi connectivity index (χ4v) is 5.18. The molecule has 0 radical (unpaired) electrons. The van der Waals surface area contributed by atoms with Gasteiger partial charge < -0.3 is 10.6 Å². The first-order chi connectivity index (χ1) is 16.4. The second-order valence-electron chi connectivity index (χ2n) is 9.31. The lowest BCUT2D eigenvalue weighted by molar-refractivity contribution is -0.152. The number of carbonyl (C=O) groups excluding carboxylic acids is 1. The van der Waals surface area contributed by atoms with Crippen molar-refractivity contribution in [2.45, 2.75) is 56.4 Å². The van der Waals surface area contributed by atoms with E-state index in [2.05, 4.69) is 30.6 Å². The summed E-state index contributed by atoms with van der Waals surface area (Å²) in [4.78, 5) is 28.6. The zero-order valence-corrected chi connectivity index (χ0v) is 18.9. The van der Waals surface area contributed by atoms with Crippen LogP contribution in [0.25, 0.3) is 10.9 Å². The molecule has 0 bridgehead atoms. The number of hydrogen-bond donors (Lipinski definition) is 2. The van der Waals surface area contributed by atoms with E-state index in [9.17, 15) is 18.0 Å². The number of nitrogens with zero attached hydrogens (tertiary/aromatic N) is 4. The Morgan fingerprint density at radius 2 is 1.88 bits per heavy atom. The number of nitrogens with one attached hydrogen (secondary N) is 2. The fraction of sp³-hybridized carbons (Fsp3) is 0.609. The third kappa shape index (κ3) is 5.11. The Hall–Kier alpha value is -2.50. The molecule has 2 N–H and O–H groups in total. The van der Waals surface area contributed by atoms with Gasteiger partial charge in [-0.25, -0.2) is 9.97 Å². The standard InChI is InChI=1S/C23H29F3N6O2/c24-23(25,26)15-2-7-20-19(10-15)22(29-14-28-20)27-11-21(33)30-16-12-31(13-16)17-3-5-18(6-4-17)32-8-1-9-34-32/h2,7,10,14,16-18H,1,3-6,8-9,11-13H2,(H,30,33)(H,27,28,29)/t17-,18-. The first kappa shape index (κ1) is 23.3. The van der Waals surface area contributed by atoms with Crippen molar-refractivity contribution in [3.63, 3.8) is 0 Å². The number of halogens is 3. The van der Waals surface area contributed by atoms with Crippen LogP contribution in [-0.4, -0.2) is 76.7 Å². The molecular formula is C23H29F3N6O2. The van der Waals surface area contributed by atoms with E-state index in [0.717, 1.165) is 70.5 Å². The van der Waals surface area contributed by atoms with Crippen LogP contribution in [0, 0.1) is 0 Å². The molecule has 5 rings (SSSR count). The minimum absolute atomic E-state index is 0.0696. The van der Waals surface area contributed by atoms with Gasteiger partial charge >= 0.3 is 6.18 Å². The Morgan fingerprint density at radius 3 is 2.59 bits per heavy atom. The number of fused-ring (bicyclic) bond motifs is 1. The van der Waals surface area contributed by atoms with Gasteiger partial charge in [0, 0.05) is 37.1 Å². The molecule has 1 aromatic heterocycles. The van der Waals surface area contributed by atoms with E-state index in [-0.39, 0.29) is 29.7 Å².